The molecule has 0 amide bonds. The quantitative estimate of drug-likeness (QED) is 0.0984. The second kappa shape index (κ2) is 18.9. The highest BCUT2D eigenvalue weighted by molar-refractivity contribution is 5.96. The number of carbonyl (C=O) groups is 1. The van der Waals surface area contributed by atoms with E-state index in [-0.39, 0.29) is 5.97 Å². The molecule has 0 bridgehead atoms. The zero-order valence-electron chi connectivity index (χ0n) is 31.3. The molecule has 2 atom stereocenters. The minimum absolute atomic E-state index is 0.328. The molecule has 0 radical (unpaired) electrons. The fourth-order valence-corrected chi connectivity index (χ4v) is 7.99. The fourth-order valence-electron chi connectivity index (χ4n) is 7.99. The van der Waals surface area contributed by atoms with Gasteiger partial charge >= 0.3 is 5.97 Å². The molecule has 11 nitrogen and oxygen atoms in total. The van der Waals surface area contributed by atoms with Gasteiger partial charge in [-0.05, 0) is 81.2 Å². The third-order valence-electron chi connectivity index (χ3n) is 11.3. The molecule has 7 rings (SSSR count). The van der Waals surface area contributed by atoms with Crippen LogP contribution in [0.15, 0.2) is 57.4 Å². The highest BCUT2D eigenvalue weighted by Crippen LogP contribution is 2.29. The second-order valence-corrected chi connectivity index (χ2v) is 15.1. The van der Waals surface area contributed by atoms with Gasteiger partial charge in [0.25, 0.3) is 0 Å². The van der Waals surface area contributed by atoms with Crippen molar-refractivity contribution in [2.75, 3.05) is 32.9 Å². The summed E-state index contributed by atoms with van der Waals surface area (Å²) in [5.74, 6) is 2.60. The molecule has 0 spiro atoms. The normalized spacial score (nSPS) is 20.5. The summed E-state index contributed by atoms with van der Waals surface area (Å²) in [4.78, 5) is 20.5. The Morgan fingerprint density at radius 2 is 1.57 bits per heavy atom. The van der Waals surface area contributed by atoms with Gasteiger partial charge in [0, 0.05) is 43.8 Å². The van der Waals surface area contributed by atoms with Crippen LogP contribution in [0.5, 0.6) is 0 Å². The molecule has 3 heterocycles. The van der Waals surface area contributed by atoms with Crippen LogP contribution < -0.4 is 10.6 Å². The smallest absolute Gasteiger partial charge is 0.338 e. The Labute approximate surface area is 313 Å². The van der Waals surface area contributed by atoms with E-state index in [1.54, 1.807) is 6.07 Å². The molecule has 2 saturated carbocycles. The van der Waals surface area contributed by atoms with E-state index in [2.05, 4.69) is 50.0 Å². The molecule has 284 valence electrons. The molecular weight excluding hydrogens is 668 g/mol. The zero-order valence-corrected chi connectivity index (χ0v) is 31.3. The molecule has 1 saturated heterocycles. The van der Waals surface area contributed by atoms with Crippen molar-refractivity contribution in [3.63, 3.8) is 0 Å². The summed E-state index contributed by atoms with van der Waals surface area (Å²) in [6, 6.07) is 16.8. The van der Waals surface area contributed by atoms with E-state index >= 15 is 0 Å². The lowest BCUT2D eigenvalue weighted by atomic mass is 9.97. The summed E-state index contributed by atoms with van der Waals surface area (Å²) in [7, 11) is 0. The van der Waals surface area contributed by atoms with Crippen LogP contribution in [-0.2, 0) is 29.1 Å². The van der Waals surface area contributed by atoms with E-state index in [4.69, 9.17) is 23.3 Å². The number of oxazole rings is 1. The standard InChI is InChI=1S/C42H56N6O5/c1-30-38(27-43-34-10-4-2-3-5-11-34)45-41(52-30)36-13-6-7-14-37(36)42(49)51-24-21-31-9-8-12-35(20-17-31)44-28-39-46-47-40(53-39)33-18-15-32(16-19-33)29-48-22-25-50-26-23-48/h6-7,13-16,18-19,31,34-35,43-44H,2-5,8-12,17,20-29H2,1H3. The summed E-state index contributed by atoms with van der Waals surface area (Å²) in [5.41, 5.74) is 4.27. The molecule has 2 aromatic heterocycles. The van der Waals surface area contributed by atoms with E-state index in [0.717, 1.165) is 88.4 Å². The Morgan fingerprint density at radius 1 is 0.811 bits per heavy atom. The average Bonchev–Trinajstić information content (AvgIpc) is 3.62. The lowest BCUT2D eigenvalue weighted by molar-refractivity contribution is 0.0342. The number of hydrogen-bond acceptors (Lipinski definition) is 11. The van der Waals surface area contributed by atoms with Crippen LogP contribution in [0.2, 0.25) is 0 Å². The monoisotopic (exact) mass is 724 g/mol. The van der Waals surface area contributed by atoms with Gasteiger partial charge in [-0.1, -0.05) is 62.8 Å². The third-order valence-corrected chi connectivity index (χ3v) is 11.3. The minimum Gasteiger partial charge on any atom is -0.462 e. The van der Waals surface area contributed by atoms with Gasteiger partial charge in [-0.15, -0.1) is 10.2 Å². The summed E-state index contributed by atoms with van der Waals surface area (Å²) in [6.07, 6.45) is 14.0. The molecule has 2 unspecified atom stereocenters. The molecule has 3 aliphatic rings. The fraction of sp³-hybridized carbons (Fsp3) is 0.571. The van der Waals surface area contributed by atoms with E-state index in [9.17, 15) is 4.79 Å². The topological polar surface area (TPSA) is 128 Å². The van der Waals surface area contributed by atoms with Crippen molar-refractivity contribution >= 4 is 5.97 Å². The van der Waals surface area contributed by atoms with E-state index in [0.29, 0.717) is 66.5 Å². The Bertz CT molecular complexity index is 1720. The SMILES string of the molecule is Cc1oc(-c2ccccc2C(=O)OCCC2CCCC(NCc3nnc(-c4ccc(CN5CCOCC5)cc4)o3)CC2)nc1CNC1CCCCCC1. The zero-order chi connectivity index (χ0) is 36.2. The van der Waals surface area contributed by atoms with Crippen molar-refractivity contribution in [3.05, 3.63) is 77.0 Å². The first-order valence-electron chi connectivity index (χ1n) is 20.0. The van der Waals surface area contributed by atoms with Gasteiger partial charge in [0.05, 0.1) is 43.2 Å². The van der Waals surface area contributed by atoms with Crippen molar-refractivity contribution < 1.29 is 23.1 Å². The van der Waals surface area contributed by atoms with Gasteiger partial charge in [0.15, 0.2) is 0 Å². The minimum atomic E-state index is -0.328. The lowest BCUT2D eigenvalue weighted by Gasteiger charge is -2.26. The van der Waals surface area contributed by atoms with Crippen molar-refractivity contribution in [1.29, 1.82) is 0 Å². The predicted molar refractivity (Wildman–Crippen MR) is 203 cm³/mol. The number of esters is 1. The van der Waals surface area contributed by atoms with Crippen LogP contribution >= 0.6 is 0 Å². The molecule has 4 aromatic rings. The van der Waals surface area contributed by atoms with Gasteiger partial charge in [-0.3, -0.25) is 4.90 Å². The summed E-state index contributed by atoms with van der Waals surface area (Å²) < 4.78 is 23.4. The number of aromatic nitrogens is 3. The van der Waals surface area contributed by atoms with Gasteiger partial charge in [-0.2, -0.15) is 0 Å². The highest BCUT2D eigenvalue weighted by Gasteiger charge is 2.23. The molecular formula is C42H56N6O5. The van der Waals surface area contributed by atoms with Crippen LogP contribution in [0, 0.1) is 12.8 Å². The molecule has 11 heteroatoms. The maximum atomic E-state index is 13.3. The predicted octanol–water partition coefficient (Wildman–Crippen LogP) is 7.63. The average molecular weight is 725 g/mol. The molecule has 1 aliphatic heterocycles. The van der Waals surface area contributed by atoms with Crippen molar-refractivity contribution in [2.45, 2.75) is 116 Å². The first-order valence-corrected chi connectivity index (χ1v) is 20.0. The number of ether oxygens (including phenoxy) is 2. The van der Waals surface area contributed by atoms with Gasteiger partial charge in [-0.25, -0.2) is 9.78 Å². The Balaban J connectivity index is 0.836. The Hall–Kier alpha value is -3.90. The molecule has 53 heavy (non-hydrogen) atoms. The van der Waals surface area contributed by atoms with Crippen LogP contribution in [0.25, 0.3) is 22.9 Å². The lowest BCUT2D eigenvalue weighted by Crippen LogP contribution is -2.35. The van der Waals surface area contributed by atoms with Crippen molar-refractivity contribution in [3.8, 4) is 22.9 Å². The molecule has 3 fully saturated rings. The third kappa shape index (κ3) is 10.6. The summed E-state index contributed by atoms with van der Waals surface area (Å²) >= 11 is 0. The highest BCUT2D eigenvalue weighted by atomic mass is 16.5. The number of rotatable bonds is 14. The number of morpholine rings is 1. The number of hydrogen-bond donors (Lipinski definition) is 2. The maximum Gasteiger partial charge on any atom is 0.338 e. The van der Waals surface area contributed by atoms with E-state index in [1.807, 2.05) is 25.1 Å². The summed E-state index contributed by atoms with van der Waals surface area (Å²) in [5, 5.41) is 16.0. The number of nitrogens with one attached hydrogen (secondary N) is 2. The van der Waals surface area contributed by atoms with Gasteiger partial charge < -0.3 is 28.9 Å². The maximum absolute atomic E-state index is 13.3. The van der Waals surface area contributed by atoms with E-state index < -0.39 is 0 Å². The number of carbonyl (C=O) groups excluding carboxylic acids is 1. The Kier molecular flexibility index (Phi) is 13.4. The summed E-state index contributed by atoms with van der Waals surface area (Å²) in [6.45, 7) is 8.05. The van der Waals surface area contributed by atoms with Crippen molar-refractivity contribution in [2.24, 2.45) is 5.92 Å². The first-order chi connectivity index (χ1) is 26.1. The number of nitrogens with zero attached hydrogens (tertiary/aromatic N) is 4. The largest absolute Gasteiger partial charge is 0.462 e. The first kappa shape index (κ1) is 37.4. The van der Waals surface area contributed by atoms with Gasteiger partial charge in [0.1, 0.15) is 5.76 Å². The Morgan fingerprint density at radius 3 is 2.40 bits per heavy atom. The van der Waals surface area contributed by atoms with Crippen molar-refractivity contribution in [1.82, 2.24) is 30.7 Å². The second-order valence-electron chi connectivity index (χ2n) is 15.1. The van der Waals surface area contributed by atoms with Crippen LogP contribution in [-0.4, -0.2) is 71.0 Å². The van der Waals surface area contributed by atoms with E-state index in [1.165, 1.54) is 44.1 Å². The van der Waals surface area contributed by atoms with Crippen LogP contribution in [0.1, 0.15) is 110 Å². The number of benzene rings is 2. The molecule has 2 N–H and O–H groups in total. The molecule has 2 aromatic carbocycles. The number of aryl methyl sites for hydroxylation is 1. The molecule has 2 aliphatic carbocycles. The van der Waals surface area contributed by atoms with Crippen LogP contribution in [0.4, 0.5) is 0 Å². The van der Waals surface area contributed by atoms with Crippen LogP contribution in [0.3, 0.4) is 0 Å². The van der Waals surface area contributed by atoms with Gasteiger partial charge in [0.2, 0.25) is 17.7 Å².